The third-order valence-electron chi connectivity index (χ3n) is 9.85. The molecule has 2 aliphatic heterocycles. The van der Waals surface area contributed by atoms with Gasteiger partial charge in [0.15, 0.2) is 5.76 Å². The van der Waals surface area contributed by atoms with Crippen LogP contribution in [0.2, 0.25) is 5.02 Å². The highest BCUT2D eigenvalue weighted by molar-refractivity contribution is 6.30. The first-order chi connectivity index (χ1) is 27.9. The number of benzene rings is 3. The summed E-state index contributed by atoms with van der Waals surface area (Å²) in [6.07, 6.45) is -6.14. The van der Waals surface area contributed by atoms with Crippen molar-refractivity contribution >= 4 is 29.1 Å². The summed E-state index contributed by atoms with van der Waals surface area (Å²) in [7, 11) is 0. The van der Waals surface area contributed by atoms with Crippen LogP contribution in [0, 0.1) is 5.92 Å². The lowest BCUT2D eigenvalue weighted by Crippen LogP contribution is -2.60. The van der Waals surface area contributed by atoms with Crippen molar-refractivity contribution in [1.82, 2.24) is 30.6 Å². The number of halogens is 4. The van der Waals surface area contributed by atoms with Crippen LogP contribution in [0.5, 0.6) is 5.75 Å². The van der Waals surface area contributed by atoms with E-state index in [-0.39, 0.29) is 68.9 Å². The Morgan fingerprint density at radius 2 is 1.69 bits per heavy atom. The van der Waals surface area contributed by atoms with Crippen molar-refractivity contribution < 1.29 is 46.5 Å². The summed E-state index contributed by atoms with van der Waals surface area (Å²) in [6.45, 7) is -0.905. The summed E-state index contributed by atoms with van der Waals surface area (Å²) < 4.78 is 57.2. The minimum Gasteiger partial charge on any atom is -0.507 e. The molecule has 2 amide bonds. The normalized spacial score (nSPS) is 17.3. The number of furan rings is 1. The van der Waals surface area contributed by atoms with Crippen molar-refractivity contribution in [1.29, 1.82) is 0 Å². The number of rotatable bonds is 14. The van der Waals surface area contributed by atoms with Gasteiger partial charge in [-0.2, -0.15) is 13.2 Å². The van der Waals surface area contributed by atoms with E-state index in [2.05, 4.69) is 15.5 Å². The van der Waals surface area contributed by atoms with E-state index in [0.717, 1.165) is 5.56 Å². The van der Waals surface area contributed by atoms with Gasteiger partial charge >= 0.3 is 6.18 Å². The van der Waals surface area contributed by atoms with Gasteiger partial charge in [0.05, 0.1) is 18.3 Å². The molecule has 4 N–H and O–H groups in total. The first-order valence-corrected chi connectivity index (χ1v) is 18.9. The van der Waals surface area contributed by atoms with Gasteiger partial charge in [0.25, 0.3) is 0 Å². The third-order valence-corrected chi connectivity index (χ3v) is 10.1. The molecule has 17 heteroatoms. The molecule has 0 unspecified atom stereocenters. The number of hydrogen-bond donors (Lipinski definition) is 4. The number of piperazine rings is 1. The Morgan fingerprint density at radius 3 is 2.47 bits per heavy atom. The summed E-state index contributed by atoms with van der Waals surface area (Å²) >= 11 is 6.02. The Labute approximate surface area is 336 Å². The Bertz CT molecular complexity index is 2230. The lowest BCUT2D eigenvalue weighted by atomic mass is 9.95. The molecule has 0 radical (unpaired) electrons. The number of β-amino-alcohol motifs (C(OH)–C–C–N with tert-alkyl or cyclic N) is 1. The smallest absolute Gasteiger partial charge is 0.405 e. The van der Waals surface area contributed by atoms with Crippen LogP contribution >= 0.6 is 11.6 Å². The number of aliphatic hydroxyl groups excluding tert-OH is 2. The maximum absolute atomic E-state index is 14.0. The predicted octanol–water partition coefficient (Wildman–Crippen LogP) is 5.86. The van der Waals surface area contributed by atoms with Crippen LogP contribution in [0.25, 0.3) is 28.5 Å². The zero-order chi connectivity index (χ0) is 40.8. The van der Waals surface area contributed by atoms with Crippen molar-refractivity contribution in [2.75, 3.05) is 39.3 Å². The first-order valence-electron chi connectivity index (χ1n) is 18.5. The molecule has 304 valence electrons. The number of amides is 2. The van der Waals surface area contributed by atoms with Crippen LogP contribution in [0.3, 0.4) is 0 Å². The quantitative estimate of drug-likeness (QED) is 0.106. The second kappa shape index (κ2) is 17.9. The van der Waals surface area contributed by atoms with Crippen molar-refractivity contribution in [3.05, 3.63) is 119 Å². The van der Waals surface area contributed by atoms with Crippen LogP contribution in [-0.4, -0.2) is 99.7 Å². The van der Waals surface area contributed by atoms with Crippen molar-refractivity contribution in [3.8, 4) is 28.5 Å². The number of carbonyl (C=O) groups is 2. The Morgan fingerprint density at radius 1 is 0.931 bits per heavy atom. The van der Waals surface area contributed by atoms with Gasteiger partial charge in [-0.15, -0.1) is 10.2 Å². The molecule has 4 heterocycles. The highest BCUT2D eigenvalue weighted by atomic mass is 35.5. The summed E-state index contributed by atoms with van der Waals surface area (Å²) in [5.41, 5.74) is 2.09. The minimum absolute atomic E-state index is 0.0382. The molecule has 2 aromatic heterocycles. The third kappa shape index (κ3) is 10.2. The molecule has 0 saturated carbocycles. The van der Waals surface area contributed by atoms with Gasteiger partial charge in [-0.1, -0.05) is 41.9 Å². The maximum atomic E-state index is 14.0. The highest BCUT2D eigenvalue weighted by Crippen LogP contribution is 2.32. The van der Waals surface area contributed by atoms with Gasteiger partial charge in [0, 0.05) is 60.2 Å². The van der Waals surface area contributed by atoms with E-state index in [1.807, 2.05) is 40.5 Å². The predicted molar refractivity (Wildman–Crippen MR) is 206 cm³/mol. The number of nitrogens with zero attached hydrogens (tertiary/aromatic N) is 4. The molecule has 0 aliphatic carbocycles. The molecule has 1 saturated heterocycles. The largest absolute Gasteiger partial charge is 0.507 e. The van der Waals surface area contributed by atoms with Crippen LogP contribution < -0.4 is 15.4 Å². The number of carbonyl (C=O) groups excluding carboxylic acids is 2. The molecule has 0 spiro atoms. The van der Waals surface area contributed by atoms with E-state index >= 15 is 0 Å². The molecule has 3 atom stereocenters. The molecule has 58 heavy (non-hydrogen) atoms. The van der Waals surface area contributed by atoms with E-state index < -0.39 is 42.6 Å². The number of nitrogens with one attached hydrogen (secondary N) is 2. The fraction of sp³-hybridized carbons (Fsp3) is 0.317. The minimum atomic E-state index is -4.63. The van der Waals surface area contributed by atoms with Crippen LogP contribution in [-0.2, 0) is 22.6 Å². The van der Waals surface area contributed by atoms with Crippen molar-refractivity contribution in [2.24, 2.45) is 5.92 Å². The first kappa shape index (κ1) is 40.5. The van der Waals surface area contributed by atoms with Gasteiger partial charge in [-0.25, -0.2) is 0 Å². The fourth-order valence-corrected chi connectivity index (χ4v) is 7.11. The average Bonchev–Trinajstić information content (AvgIpc) is 3.89. The van der Waals surface area contributed by atoms with Gasteiger partial charge in [0.1, 0.15) is 36.5 Å². The molecule has 13 nitrogen and oxygen atoms in total. The number of alkyl halides is 3. The van der Waals surface area contributed by atoms with Crippen LogP contribution in [0.1, 0.15) is 23.6 Å². The Kier molecular flexibility index (Phi) is 12.5. The molecular weight excluding hydrogens is 781 g/mol. The van der Waals surface area contributed by atoms with E-state index in [9.17, 15) is 33.0 Å². The molecule has 2 aliphatic rings. The second-order valence-electron chi connectivity index (χ2n) is 14.1. The Balaban J connectivity index is 1.07. The van der Waals surface area contributed by atoms with E-state index in [4.69, 9.17) is 25.2 Å². The summed E-state index contributed by atoms with van der Waals surface area (Å²) in [5.74, 6) is -0.620. The summed E-state index contributed by atoms with van der Waals surface area (Å²) in [4.78, 5) is 30.9. The number of aliphatic hydroxyl groups is 2. The summed E-state index contributed by atoms with van der Waals surface area (Å²) in [6, 6.07) is 25.6. The Hall–Kier alpha value is -5.68. The van der Waals surface area contributed by atoms with E-state index in [1.165, 1.54) is 0 Å². The maximum Gasteiger partial charge on any atom is 0.405 e. The molecule has 1 fully saturated rings. The van der Waals surface area contributed by atoms with E-state index in [1.54, 1.807) is 65.6 Å². The topological polar surface area (TPSA) is 166 Å². The molecule has 7 rings (SSSR count). The lowest BCUT2D eigenvalue weighted by Gasteiger charge is -2.41. The molecule has 3 aromatic carbocycles. The van der Waals surface area contributed by atoms with Crippen LogP contribution in [0.4, 0.5) is 13.2 Å². The number of aromatic nitrogens is 2. The summed E-state index contributed by atoms with van der Waals surface area (Å²) in [5, 5.41) is 35.9. The van der Waals surface area contributed by atoms with Gasteiger partial charge in [-0.3, -0.25) is 19.4 Å². The van der Waals surface area contributed by atoms with Gasteiger partial charge in [-0.05, 0) is 67.1 Å². The van der Waals surface area contributed by atoms with E-state index in [0.29, 0.717) is 40.0 Å². The second-order valence-corrected chi connectivity index (χ2v) is 14.5. The molecule has 0 bridgehead atoms. The zero-order valence-corrected chi connectivity index (χ0v) is 31.7. The average molecular weight is 821 g/mol. The number of hydrogen-bond acceptors (Lipinski definition) is 11. The fourth-order valence-electron chi connectivity index (χ4n) is 6.98. The SMILES string of the molecule is O=C(NC1=C(O)COc2ccccc21)[C@H](Cc1nnc(-c2ccccc2)o1)C[C@H](O)CN1CCN(Cc2ccc(-c3ccc(Cl)cc3)o2)C[C@H]1C(=O)NCC(F)(F)F. The van der Waals surface area contributed by atoms with Gasteiger partial charge in [0.2, 0.25) is 23.6 Å². The molecular formula is C41H40ClF3N6O7. The number of fused-ring (bicyclic) bond motifs is 1. The molecule has 5 aromatic rings. The zero-order valence-electron chi connectivity index (χ0n) is 31.0. The number of ether oxygens (including phenoxy) is 1. The highest BCUT2D eigenvalue weighted by Gasteiger charge is 2.37. The monoisotopic (exact) mass is 820 g/mol. The van der Waals surface area contributed by atoms with Gasteiger partial charge < -0.3 is 34.4 Å². The van der Waals surface area contributed by atoms with Crippen molar-refractivity contribution in [2.45, 2.75) is 37.7 Å². The van der Waals surface area contributed by atoms with Crippen LogP contribution in [0.15, 0.2) is 106 Å². The van der Waals surface area contributed by atoms with Crippen molar-refractivity contribution in [3.63, 3.8) is 0 Å². The number of para-hydroxylation sites is 1. The standard InChI is InChI=1S/C41H40ClF3N6O7/c42-28-12-10-25(11-13-28)34-15-14-30(57-34)21-50-16-17-51(32(22-50)39(55)46-24-41(43,44)45)20-29(52)18-27(19-36-48-49-40(58-36)26-6-2-1-3-7-26)38(54)47-37-31-8-4-5-9-35(31)56-23-33(37)53/h1-15,27,29,32,52-53H,16-24H2,(H,46,55)(H,47,54)/t27-,29-,32-/m0/s1. The lowest BCUT2D eigenvalue weighted by molar-refractivity contribution is -0.143.